The molecule has 0 bridgehead atoms. The third-order valence-corrected chi connectivity index (χ3v) is 6.36. The van der Waals surface area contributed by atoms with Crippen molar-refractivity contribution in [2.45, 2.75) is 45.1 Å². The van der Waals surface area contributed by atoms with Crippen molar-refractivity contribution < 1.29 is 18.3 Å². The fraction of sp³-hybridized carbons (Fsp3) is 0.458. The topological polar surface area (TPSA) is 91.9 Å². The van der Waals surface area contributed by atoms with Gasteiger partial charge in [-0.2, -0.15) is 0 Å². The first-order valence-corrected chi connectivity index (χ1v) is 11.4. The van der Waals surface area contributed by atoms with Gasteiger partial charge in [-0.05, 0) is 69.8 Å². The van der Waals surface area contributed by atoms with Crippen molar-refractivity contribution >= 4 is 16.9 Å². The van der Waals surface area contributed by atoms with E-state index in [1.54, 1.807) is 6.07 Å². The zero-order chi connectivity index (χ0) is 22.9. The SMILES string of the molecule is Cc1[nH]c2c(-c3cc(C(F)F)ccc3OCC3CC3)ncnc2c1C(=O)NC1CCNCC1. The molecule has 0 atom stereocenters. The molecule has 1 aliphatic carbocycles. The van der Waals surface area contributed by atoms with E-state index in [4.69, 9.17) is 4.74 Å². The molecule has 7 nitrogen and oxygen atoms in total. The van der Waals surface area contributed by atoms with Crippen LogP contribution in [0.4, 0.5) is 8.78 Å². The third kappa shape index (κ3) is 4.55. The Bertz CT molecular complexity index is 1170. The molecule has 5 rings (SSSR count). The second-order valence-electron chi connectivity index (χ2n) is 8.88. The zero-order valence-electron chi connectivity index (χ0n) is 18.5. The molecule has 0 radical (unpaired) electrons. The van der Waals surface area contributed by atoms with Gasteiger partial charge >= 0.3 is 0 Å². The number of alkyl halides is 2. The fourth-order valence-corrected chi connectivity index (χ4v) is 4.31. The number of aromatic amines is 1. The van der Waals surface area contributed by atoms with Gasteiger partial charge in [-0.1, -0.05) is 0 Å². The molecule has 1 aliphatic heterocycles. The number of fused-ring (bicyclic) bond motifs is 1. The Hall–Kier alpha value is -3.07. The monoisotopic (exact) mass is 455 g/mol. The standard InChI is InChI=1S/C24H27F2N5O2/c1-13-19(24(32)31-16-6-8-27-9-7-16)21-22(30-13)20(28-12-29-21)17-10-15(23(25)26)4-5-18(17)33-11-14-2-3-14/h4-5,10,12,14,16,23,27,30H,2-3,6-9,11H2,1H3,(H,31,32). The number of hydrogen-bond donors (Lipinski definition) is 3. The molecule has 2 fully saturated rings. The van der Waals surface area contributed by atoms with Gasteiger partial charge < -0.3 is 20.4 Å². The Morgan fingerprint density at radius 1 is 1.21 bits per heavy atom. The van der Waals surface area contributed by atoms with E-state index in [0.29, 0.717) is 51.8 Å². The Morgan fingerprint density at radius 3 is 2.73 bits per heavy atom. The van der Waals surface area contributed by atoms with Crippen LogP contribution in [0.5, 0.6) is 5.75 Å². The van der Waals surface area contributed by atoms with Crippen LogP contribution < -0.4 is 15.4 Å². The number of rotatable bonds is 7. The number of H-pyrrole nitrogens is 1. The Balaban J connectivity index is 1.54. The van der Waals surface area contributed by atoms with E-state index in [1.807, 2.05) is 6.92 Å². The van der Waals surface area contributed by atoms with E-state index in [2.05, 4.69) is 25.6 Å². The summed E-state index contributed by atoms with van der Waals surface area (Å²) in [6.07, 6.45) is 2.73. The highest BCUT2D eigenvalue weighted by atomic mass is 19.3. The van der Waals surface area contributed by atoms with Crippen molar-refractivity contribution in [2.75, 3.05) is 19.7 Å². The average Bonchev–Trinajstić information content (AvgIpc) is 3.57. The molecule has 2 aromatic heterocycles. The summed E-state index contributed by atoms with van der Waals surface area (Å²) in [5, 5.41) is 6.39. The molecule has 0 unspecified atom stereocenters. The number of halogens is 2. The van der Waals surface area contributed by atoms with Crippen LogP contribution in [0.2, 0.25) is 0 Å². The van der Waals surface area contributed by atoms with Crippen LogP contribution >= 0.6 is 0 Å². The molecule has 0 spiro atoms. The quantitative estimate of drug-likeness (QED) is 0.498. The number of piperidine rings is 1. The van der Waals surface area contributed by atoms with Crippen molar-refractivity contribution in [1.82, 2.24) is 25.6 Å². The molecule has 3 N–H and O–H groups in total. The molecule has 9 heteroatoms. The molecular weight excluding hydrogens is 428 g/mol. The first-order valence-electron chi connectivity index (χ1n) is 11.4. The van der Waals surface area contributed by atoms with E-state index in [0.717, 1.165) is 38.8 Å². The number of ether oxygens (including phenoxy) is 1. The van der Waals surface area contributed by atoms with Gasteiger partial charge in [0.15, 0.2) is 0 Å². The maximum absolute atomic E-state index is 13.5. The predicted octanol–water partition coefficient (Wildman–Crippen LogP) is 4.14. The second-order valence-corrected chi connectivity index (χ2v) is 8.88. The Morgan fingerprint density at radius 2 is 2.00 bits per heavy atom. The van der Waals surface area contributed by atoms with Crippen molar-refractivity contribution in [3.63, 3.8) is 0 Å². The predicted molar refractivity (Wildman–Crippen MR) is 121 cm³/mol. The Labute approximate surface area is 190 Å². The number of benzene rings is 1. The summed E-state index contributed by atoms with van der Waals surface area (Å²) >= 11 is 0. The number of nitrogens with one attached hydrogen (secondary N) is 3. The number of aromatic nitrogens is 3. The van der Waals surface area contributed by atoms with Crippen LogP contribution in [0.25, 0.3) is 22.3 Å². The highest BCUT2D eigenvalue weighted by Gasteiger charge is 2.26. The average molecular weight is 456 g/mol. The molecular formula is C24H27F2N5O2. The largest absolute Gasteiger partial charge is 0.493 e. The smallest absolute Gasteiger partial charge is 0.263 e. The minimum Gasteiger partial charge on any atom is -0.493 e. The summed E-state index contributed by atoms with van der Waals surface area (Å²) in [5.41, 5.74) is 2.92. The maximum Gasteiger partial charge on any atom is 0.263 e. The van der Waals surface area contributed by atoms with E-state index in [9.17, 15) is 13.6 Å². The van der Waals surface area contributed by atoms with E-state index in [-0.39, 0.29) is 17.5 Å². The molecule has 1 aromatic carbocycles. The summed E-state index contributed by atoms with van der Waals surface area (Å²) in [7, 11) is 0. The van der Waals surface area contributed by atoms with Gasteiger partial charge in [0.2, 0.25) is 0 Å². The van der Waals surface area contributed by atoms with Crippen molar-refractivity contribution in [2.24, 2.45) is 5.92 Å². The lowest BCUT2D eigenvalue weighted by Crippen LogP contribution is -2.42. The first kappa shape index (κ1) is 21.8. The number of aryl methyl sites for hydroxylation is 1. The number of carbonyl (C=O) groups excluding carboxylic acids is 1. The molecule has 3 aromatic rings. The van der Waals surface area contributed by atoms with Gasteiger partial charge in [-0.15, -0.1) is 0 Å². The van der Waals surface area contributed by atoms with E-state index < -0.39 is 6.43 Å². The van der Waals surface area contributed by atoms with Crippen LogP contribution in [0.3, 0.4) is 0 Å². The normalized spacial score (nSPS) is 17.0. The fourth-order valence-electron chi connectivity index (χ4n) is 4.31. The van der Waals surface area contributed by atoms with Gasteiger partial charge in [0.25, 0.3) is 12.3 Å². The lowest BCUT2D eigenvalue weighted by molar-refractivity contribution is 0.0930. The first-order chi connectivity index (χ1) is 16.0. The van der Waals surface area contributed by atoms with Crippen LogP contribution in [0.15, 0.2) is 24.5 Å². The van der Waals surface area contributed by atoms with Crippen molar-refractivity contribution in [3.05, 3.63) is 41.3 Å². The maximum atomic E-state index is 13.5. The molecule has 1 saturated heterocycles. The Kier molecular flexibility index (Phi) is 5.97. The van der Waals surface area contributed by atoms with Gasteiger partial charge in [0, 0.05) is 22.9 Å². The highest BCUT2D eigenvalue weighted by molar-refractivity contribution is 6.09. The van der Waals surface area contributed by atoms with Crippen LogP contribution in [0.1, 0.15) is 53.7 Å². The highest BCUT2D eigenvalue weighted by Crippen LogP contribution is 2.38. The lowest BCUT2D eigenvalue weighted by Gasteiger charge is -2.23. The van der Waals surface area contributed by atoms with Crippen LogP contribution in [-0.4, -0.2) is 46.6 Å². The molecule has 2 aliphatic rings. The van der Waals surface area contributed by atoms with Gasteiger partial charge in [-0.3, -0.25) is 4.79 Å². The summed E-state index contributed by atoms with van der Waals surface area (Å²) in [6, 6.07) is 4.48. The summed E-state index contributed by atoms with van der Waals surface area (Å²) in [6.45, 7) is 4.09. The van der Waals surface area contributed by atoms with E-state index >= 15 is 0 Å². The van der Waals surface area contributed by atoms with Crippen molar-refractivity contribution in [3.8, 4) is 17.0 Å². The molecule has 1 saturated carbocycles. The number of nitrogens with zero attached hydrogens (tertiary/aromatic N) is 2. The van der Waals surface area contributed by atoms with Gasteiger partial charge in [0.1, 0.15) is 23.3 Å². The van der Waals surface area contributed by atoms with Gasteiger partial charge in [-0.25, -0.2) is 18.7 Å². The van der Waals surface area contributed by atoms with Crippen molar-refractivity contribution in [1.29, 1.82) is 0 Å². The number of carbonyl (C=O) groups is 1. The minimum absolute atomic E-state index is 0.106. The van der Waals surface area contributed by atoms with Crippen LogP contribution in [-0.2, 0) is 0 Å². The van der Waals surface area contributed by atoms with E-state index in [1.165, 1.54) is 18.5 Å². The lowest BCUT2D eigenvalue weighted by atomic mass is 10.0. The third-order valence-electron chi connectivity index (χ3n) is 6.36. The number of hydrogen-bond acceptors (Lipinski definition) is 5. The summed E-state index contributed by atoms with van der Waals surface area (Å²) in [4.78, 5) is 25.1. The second kappa shape index (κ2) is 9.05. The van der Waals surface area contributed by atoms with Crippen LogP contribution in [0, 0.1) is 12.8 Å². The minimum atomic E-state index is -2.62. The molecule has 174 valence electrons. The van der Waals surface area contributed by atoms with Gasteiger partial charge in [0.05, 0.1) is 17.7 Å². The summed E-state index contributed by atoms with van der Waals surface area (Å²) in [5.74, 6) is 0.817. The summed E-state index contributed by atoms with van der Waals surface area (Å²) < 4.78 is 33.0. The molecule has 3 heterocycles. The zero-order valence-corrected chi connectivity index (χ0v) is 18.5. The molecule has 1 amide bonds. The molecule has 33 heavy (non-hydrogen) atoms. The number of amides is 1.